The molecule has 0 saturated heterocycles. The van der Waals surface area contributed by atoms with E-state index in [9.17, 15) is 0 Å². The van der Waals surface area contributed by atoms with Crippen molar-refractivity contribution in [2.75, 3.05) is 25.5 Å². The average Bonchev–Trinajstić information content (AvgIpc) is 3.38. The highest BCUT2D eigenvalue weighted by atomic mass is 16.3. The van der Waals surface area contributed by atoms with E-state index in [4.69, 9.17) is 14.4 Å². The number of furan rings is 1. The maximum absolute atomic E-state index is 5.42. The van der Waals surface area contributed by atoms with Gasteiger partial charge in [-0.1, -0.05) is 25.0 Å². The fourth-order valence-electron chi connectivity index (χ4n) is 5.31. The lowest BCUT2D eigenvalue weighted by Gasteiger charge is -2.31. The van der Waals surface area contributed by atoms with Crippen LogP contribution < -0.4 is 10.2 Å². The molecule has 0 unspecified atom stereocenters. The maximum atomic E-state index is 5.42. The highest BCUT2D eigenvalue weighted by Gasteiger charge is 2.48. The van der Waals surface area contributed by atoms with Gasteiger partial charge in [0, 0.05) is 26.3 Å². The van der Waals surface area contributed by atoms with Crippen molar-refractivity contribution in [3.8, 4) is 0 Å². The Labute approximate surface area is 186 Å². The molecule has 0 bridgehead atoms. The Morgan fingerprint density at radius 1 is 1.03 bits per heavy atom. The molecule has 0 aliphatic heterocycles. The third-order valence-corrected chi connectivity index (χ3v) is 7.29. The molecule has 2 heterocycles. The molecule has 166 valence electrons. The van der Waals surface area contributed by atoms with Gasteiger partial charge < -0.3 is 14.6 Å². The van der Waals surface area contributed by atoms with Crippen molar-refractivity contribution in [1.82, 2.24) is 15.3 Å². The summed E-state index contributed by atoms with van der Waals surface area (Å²) in [5, 5.41) is 4.72. The number of hydrogen-bond donors (Lipinski definition) is 1. The molecule has 1 aromatic carbocycles. The SMILES string of the molecule is CN(C)c1nc(C2(CC3CCC(CNCc4ccco4)CC3)CC2)nc2ccccc12.[HH]. The molecule has 5 heteroatoms. The van der Waals surface area contributed by atoms with Gasteiger partial charge in [-0.05, 0) is 74.8 Å². The summed E-state index contributed by atoms with van der Waals surface area (Å²) >= 11 is 0. The number of para-hydroxylation sites is 1. The number of hydrogen-bond acceptors (Lipinski definition) is 5. The first-order valence-corrected chi connectivity index (χ1v) is 11.8. The minimum Gasteiger partial charge on any atom is -0.468 e. The van der Waals surface area contributed by atoms with Crippen molar-refractivity contribution in [3.05, 3.63) is 54.2 Å². The molecule has 2 aliphatic carbocycles. The van der Waals surface area contributed by atoms with E-state index in [-0.39, 0.29) is 6.84 Å². The zero-order valence-corrected chi connectivity index (χ0v) is 18.8. The zero-order valence-electron chi connectivity index (χ0n) is 18.8. The van der Waals surface area contributed by atoms with Crippen LogP contribution in [0.2, 0.25) is 0 Å². The number of fused-ring (bicyclic) bond motifs is 1. The van der Waals surface area contributed by atoms with Crippen molar-refractivity contribution in [2.24, 2.45) is 11.8 Å². The third kappa shape index (κ3) is 4.47. The average molecular weight is 421 g/mol. The molecule has 31 heavy (non-hydrogen) atoms. The van der Waals surface area contributed by atoms with Crippen molar-refractivity contribution < 1.29 is 5.84 Å². The van der Waals surface area contributed by atoms with Gasteiger partial charge in [-0.25, -0.2) is 9.97 Å². The van der Waals surface area contributed by atoms with E-state index in [1.165, 1.54) is 44.9 Å². The predicted molar refractivity (Wildman–Crippen MR) is 127 cm³/mol. The maximum Gasteiger partial charge on any atom is 0.139 e. The number of anilines is 1. The van der Waals surface area contributed by atoms with Crippen LogP contribution in [0.4, 0.5) is 5.82 Å². The van der Waals surface area contributed by atoms with Crippen LogP contribution in [0.5, 0.6) is 0 Å². The predicted octanol–water partition coefficient (Wildman–Crippen LogP) is 5.55. The van der Waals surface area contributed by atoms with E-state index in [1.54, 1.807) is 6.26 Å². The minimum absolute atomic E-state index is 0. The number of rotatable bonds is 8. The fourth-order valence-corrected chi connectivity index (χ4v) is 5.31. The first kappa shape index (κ1) is 20.5. The van der Waals surface area contributed by atoms with Gasteiger partial charge in [0.1, 0.15) is 17.4 Å². The summed E-state index contributed by atoms with van der Waals surface area (Å²) < 4.78 is 5.42. The van der Waals surface area contributed by atoms with Crippen LogP contribution in [0.1, 0.15) is 58.0 Å². The van der Waals surface area contributed by atoms with Crippen molar-refractivity contribution in [1.29, 1.82) is 0 Å². The van der Waals surface area contributed by atoms with Gasteiger partial charge in [0.25, 0.3) is 0 Å². The molecule has 2 aliphatic rings. The van der Waals surface area contributed by atoms with Gasteiger partial charge in [-0.2, -0.15) is 0 Å². The van der Waals surface area contributed by atoms with E-state index in [0.717, 1.165) is 53.2 Å². The summed E-state index contributed by atoms with van der Waals surface area (Å²) in [5.74, 6) is 4.76. The van der Waals surface area contributed by atoms with Crippen molar-refractivity contribution in [3.63, 3.8) is 0 Å². The summed E-state index contributed by atoms with van der Waals surface area (Å²) in [6.07, 6.45) is 10.8. The summed E-state index contributed by atoms with van der Waals surface area (Å²) in [6, 6.07) is 12.4. The minimum atomic E-state index is 0. The molecule has 0 spiro atoms. The van der Waals surface area contributed by atoms with Gasteiger partial charge in [-0.15, -0.1) is 0 Å². The molecule has 0 radical (unpaired) electrons. The van der Waals surface area contributed by atoms with Gasteiger partial charge in [0.2, 0.25) is 0 Å². The Morgan fingerprint density at radius 3 is 2.52 bits per heavy atom. The van der Waals surface area contributed by atoms with Crippen molar-refractivity contribution in [2.45, 2.75) is 56.9 Å². The van der Waals surface area contributed by atoms with Gasteiger partial charge >= 0.3 is 0 Å². The van der Waals surface area contributed by atoms with Crippen LogP contribution in [-0.2, 0) is 12.0 Å². The van der Waals surface area contributed by atoms with Crippen LogP contribution in [0.3, 0.4) is 0 Å². The van der Waals surface area contributed by atoms with Crippen LogP contribution in [0.15, 0.2) is 47.1 Å². The molecule has 5 nitrogen and oxygen atoms in total. The largest absolute Gasteiger partial charge is 0.468 e. The molecule has 5 rings (SSSR count). The number of aromatic nitrogens is 2. The van der Waals surface area contributed by atoms with Crippen LogP contribution in [0, 0.1) is 11.8 Å². The van der Waals surface area contributed by atoms with Crippen LogP contribution in [-0.4, -0.2) is 30.6 Å². The van der Waals surface area contributed by atoms with Crippen LogP contribution >= 0.6 is 0 Å². The van der Waals surface area contributed by atoms with E-state index >= 15 is 0 Å². The molecule has 2 fully saturated rings. The summed E-state index contributed by atoms with van der Waals surface area (Å²) in [4.78, 5) is 12.2. The molecular formula is C26H36N4O. The summed E-state index contributed by atoms with van der Waals surface area (Å²) in [5.41, 5.74) is 1.29. The second-order valence-electron chi connectivity index (χ2n) is 9.86. The lowest BCUT2D eigenvalue weighted by atomic mass is 9.77. The molecule has 0 atom stereocenters. The molecule has 1 N–H and O–H groups in total. The van der Waals surface area contributed by atoms with Crippen molar-refractivity contribution >= 4 is 16.7 Å². The second kappa shape index (κ2) is 8.62. The fraction of sp³-hybridized carbons (Fsp3) is 0.538. The molecular weight excluding hydrogens is 384 g/mol. The van der Waals surface area contributed by atoms with Crippen LogP contribution in [0.25, 0.3) is 10.9 Å². The Hall–Kier alpha value is -2.40. The standard InChI is InChI=1S/C26H34N4O.H2/c1-30(2)24-22-7-3-4-8-23(22)28-25(29-24)26(13-14-26)16-19-9-11-20(12-10-19)17-27-18-21-6-5-15-31-21;/h3-8,15,19-20,27H,9-14,16-18H2,1-2H3;1H. The van der Waals surface area contributed by atoms with Gasteiger partial charge in [-0.3, -0.25) is 0 Å². The van der Waals surface area contributed by atoms with E-state index in [2.05, 4.69) is 48.6 Å². The Bertz CT molecular complexity index is 1010. The third-order valence-electron chi connectivity index (χ3n) is 7.29. The lowest BCUT2D eigenvalue weighted by molar-refractivity contribution is 0.239. The van der Waals surface area contributed by atoms with E-state index in [0.29, 0.717) is 0 Å². The molecule has 0 amide bonds. The topological polar surface area (TPSA) is 54.2 Å². The number of nitrogens with zero attached hydrogens (tertiary/aromatic N) is 3. The smallest absolute Gasteiger partial charge is 0.139 e. The summed E-state index contributed by atoms with van der Waals surface area (Å²) in [6.45, 7) is 1.93. The van der Waals surface area contributed by atoms with Gasteiger partial charge in [0.15, 0.2) is 0 Å². The quantitative estimate of drug-likeness (QED) is 0.517. The van der Waals surface area contributed by atoms with Gasteiger partial charge in [0.05, 0.1) is 18.3 Å². The number of nitrogens with one attached hydrogen (secondary N) is 1. The number of benzene rings is 1. The highest BCUT2D eigenvalue weighted by molar-refractivity contribution is 5.89. The normalized spacial score (nSPS) is 22.5. The Balaban J connectivity index is 0.00000245. The molecule has 2 aromatic heterocycles. The summed E-state index contributed by atoms with van der Waals surface area (Å²) in [7, 11) is 4.17. The molecule has 3 aromatic rings. The Morgan fingerprint density at radius 2 is 1.81 bits per heavy atom. The first-order chi connectivity index (χ1) is 15.1. The highest BCUT2D eigenvalue weighted by Crippen LogP contribution is 2.53. The Kier molecular flexibility index (Phi) is 5.70. The van der Waals surface area contributed by atoms with E-state index < -0.39 is 0 Å². The second-order valence-corrected chi connectivity index (χ2v) is 9.86. The zero-order chi connectivity index (χ0) is 21.3. The monoisotopic (exact) mass is 420 g/mol. The lowest BCUT2D eigenvalue weighted by Crippen LogP contribution is -2.28. The molecule has 2 saturated carbocycles. The first-order valence-electron chi connectivity index (χ1n) is 11.8. The van der Waals surface area contributed by atoms with E-state index in [1.807, 2.05) is 12.1 Å².